The molecular weight excluding hydrogens is 336 g/mol. The number of para-hydroxylation sites is 3. The van der Waals surface area contributed by atoms with Gasteiger partial charge in [0.25, 0.3) is 0 Å². The first kappa shape index (κ1) is 17.5. The van der Waals surface area contributed by atoms with Crippen molar-refractivity contribution in [2.75, 3.05) is 23.3 Å². The van der Waals surface area contributed by atoms with Gasteiger partial charge in [-0.2, -0.15) is 0 Å². The summed E-state index contributed by atoms with van der Waals surface area (Å²) < 4.78 is 0. The molecule has 4 rings (SSSR count). The van der Waals surface area contributed by atoms with Gasteiger partial charge in [0.2, 0.25) is 5.91 Å². The fourth-order valence-electron chi connectivity index (χ4n) is 3.74. The van der Waals surface area contributed by atoms with Crippen LogP contribution in [0.15, 0.2) is 48.7 Å². The second-order valence-electron chi connectivity index (χ2n) is 7.26. The van der Waals surface area contributed by atoms with Gasteiger partial charge in [0.15, 0.2) is 0 Å². The minimum absolute atomic E-state index is 0.0500. The molecule has 1 aromatic heterocycles. The second-order valence-corrected chi connectivity index (χ2v) is 7.26. The highest BCUT2D eigenvalue weighted by Gasteiger charge is 2.27. The van der Waals surface area contributed by atoms with Crippen molar-refractivity contribution in [2.24, 2.45) is 5.92 Å². The van der Waals surface area contributed by atoms with Gasteiger partial charge in [-0.15, -0.1) is 0 Å². The first-order chi connectivity index (χ1) is 13.1. The number of carbonyl (C=O) groups excluding carboxylic acids is 1. The van der Waals surface area contributed by atoms with Crippen molar-refractivity contribution >= 4 is 28.4 Å². The third kappa shape index (κ3) is 3.63. The van der Waals surface area contributed by atoms with Gasteiger partial charge in [-0.05, 0) is 49.9 Å². The number of benzene rings is 2. The summed E-state index contributed by atoms with van der Waals surface area (Å²) in [6.45, 7) is 5.63. The lowest BCUT2D eigenvalue weighted by Gasteiger charge is -2.33. The Morgan fingerprint density at radius 3 is 2.59 bits per heavy atom. The van der Waals surface area contributed by atoms with E-state index in [1.165, 1.54) is 0 Å². The number of hydrogen-bond acceptors (Lipinski definition) is 4. The number of carbonyl (C=O) groups is 1. The van der Waals surface area contributed by atoms with E-state index in [2.05, 4.69) is 15.2 Å². The van der Waals surface area contributed by atoms with Crippen LogP contribution in [0.3, 0.4) is 0 Å². The Balaban J connectivity index is 1.51. The molecule has 1 saturated heterocycles. The predicted molar refractivity (Wildman–Crippen MR) is 109 cm³/mol. The lowest BCUT2D eigenvalue weighted by atomic mass is 9.96. The number of hydrogen-bond donors (Lipinski definition) is 1. The molecule has 0 aliphatic carbocycles. The van der Waals surface area contributed by atoms with E-state index in [1.807, 2.05) is 62.5 Å². The number of nitrogens with zero attached hydrogens (tertiary/aromatic N) is 3. The Morgan fingerprint density at radius 1 is 1.07 bits per heavy atom. The summed E-state index contributed by atoms with van der Waals surface area (Å²) in [6.07, 6.45) is 3.68. The number of anilines is 2. The van der Waals surface area contributed by atoms with Crippen LogP contribution in [0.5, 0.6) is 0 Å². The van der Waals surface area contributed by atoms with E-state index in [0.717, 1.165) is 53.1 Å². The summed E-state index contributed by atoms with van der Waals surface area (Å²) in [4.78, 5) is 24.3. The maximum atomic E-state index is 12.9. The first-order valence-corrected chi connectivity index (χ1v) is 9.45. The molecule has 1 fully saturated rings. The van der Waals surface area contributed by atoms with E-state index in [9.17, 15) is 4.79 Å². The summed E-state index contributed by atoms with van der Waals surface area (Å²) >= 11 is 0. The molecule has 0 bridgehead atoms. The average molecular weight is 360 g/mol. The molecule has 1 atom stereocenters. The normalized spacial score (nSPS) is 17.1. The van der Waals surface area contributed by atoms with Gasteiger partial charge in [-0.3, -0.25) is 9.78 Å². The molecule has 5 nitrogen and oxygen atoms in total. The Labute approximate surface area is 159 Å². The molecule has 1 amide bonds. The van der Waals surface area contributed by atoms with Crippen LogP contribution in [0.1, 0.15) is 24.0 Å². The van der Waals surface area contributed by atoms with Crippen LogP contribution >= 0.6 is 0 Å². The standard InChI is InChI=1S/C22H24N4O/c1-15-7-5-8-16(2)21(15)25-22(27)17-9-6-12-26(14-17)20-13-23-18-10-3-4-11-19(18)24-20/h3-5,7-8,10-11,13,17H,6,9,12,14H2,1-2H3,(H,25,27)/t17-/m1/s1. The molecule has 1 aliphatic heterocycles. The Kier molecular flexibility index (Phi) is 4.75. The largest absolute Gasteiger partial charge is 0.355 e. The third-order valence-corrected chi connectivity index (χ3v) is 5.28. The summed E-state index contributed by atoms with van der Waals surface area (Å²) in [5.41, 5.74) is 4.90. The summed E-state index contributed by atoms with van der Waals surface area (Å²) in [5.74, 6) is 0.884. The molecule has 2 heterocycles. The average Bonchev–Trinajstić information content (AvgIpc) is 2.70. The smallest absolute Gasteiger partial charge is 0.229 e. The fourth-order valence-corrected chi connectivity index (χ4v) is 3.74. The monoisotopic (exact) mass is 360 g/mol. The molecule has 2 aromatic carbocycles. The molecule has 27 heavy (non-hydrogen) atoms. The van der Waals surface area contributed by atoms with E-state index in [0.29, 0.717) is 6.54 Å². The minimum Gasteiger partial charge on any atom is -0.355 e. The Bertz CT molecular complexity index is 965. The van der Waals surface area contributed by atoms with E-state index in [4.69, 9.17) is 4.98 Å². The van der Waals surface area contributed by atoms with Gasteiger partial charge in [0.1, 0.15) is 5.82 Å². The van der Waals surface area contributed by atoms with E-state index < -0.39 is 0 Å². The van der Waals surface area contributed by atoms with Crippen molar-refractivity contribution in [2.45, 2.75) is 26.7 Å². The molecule has 0 saturated carbocycles. The highest BCUT2D eigenvalue weighted by Crippen LogP contribution is 2.25. The molecule has 1 N–H and O–H groups in total. The van der Waals surface area contributed by atoms with Crippen molar-refractivity contribution in [3.8, 4) is 0 Å². The van der Waals surface area contributed by atoms with Crippen LogP contribution < -0.4 is 10.2 Å². The summed E-state index contributed by atoms with van der Waals surface area (Å²) in [6, 6.07) is 13.9. The summed E-state index contributed by atoms with van der Waals surface area (Å²) in [5, 5.41) is 3.15. The summed E-state index contributed by atoms with van der Waals surface area (Å²) in [7, 11) is 0. The molecule has 138 valence electrons. The van der Waals surface area contributed by atoms with Gasteiger partial charge >= 0.3 is 0 Å². The van der Waals surface area contributed by atoms with E-state index in [1.54, 1.807) is 0 Å². The highest BCUT2D eigenvalue weighted by atomic mass is 16.1. The van der Waals surface area contributed by atoms with Crippen LogP contribution in [-0.2, 0) is 4.79 Å². The maximum absolute atomic E-state index is 12.9. The molecule has 1 aliphatic rings. The van der Waals surface area contributed by atoms with Crippen LogP contribution in [0.2, 0.25) is 0 Å². The highest BCUT2D eigenvalue weighted by molar-refractivity contribution is 5.94. The zero-order chi connectivity index (χ0) is 18.8. The number of aryl methyl sites for hydroxylation is 2. The quantitative estimate of drug-likeness (QED) is 0.764. The Hall–Kier alpha value is -2.95. The zero-order valence-corrected chi connectivity index (χ0v) is 15.8. The number of rotatable bonds is 3. The van der Waals surface area contributed by atoms with Crippen LogP contribution in [0, 0.1) is 19.8 Å². The lowest BCUT2D eigenvalue weighted by Crippen LogP contribution is -2.41. The number of amides is 1. The molecule has 0 radical (unpaired) electrons. The van der Waals surface area contributed by atoms with Gasteiger partial charge in [0.05, 0.1) is 23.1 Å². The first-order valence-electron chi connectivity index (χ1n) is 9.45. The molecule has 0 spiro atoms. The number of fused-ring (bicyclic) bond motifs is 1. The van der Waals surface area contributed by atoms with Crippen LogP contribution in [-0.4, -0.2) is 29.0 Å². The predicted octanol–water partition coefficient (Wildman–Crippen LogP) is 4.10. The minimum atomic E-state index is -0.0500. The molecule has 3 aromatic rings. The van der Waals surface area contributed by atoms with Crippen molar-refractivity contribution in [3.05, 3.63) is 59.8 Å². The van der Waals surface area contributed by atoms with Gasteiger partial charge in [-0.1, -0.05) is 30.3 Å². The van der Waals surface area contributed by atoms with Crippen LogP contribution in [0.25, 0.3) is 11.0 Å². The lowest BCUT2D eigenvalue weighted by molar-refractivity contribution is -0.120. The molecule has 0 unspecified atom stereocenters. The number of aromatic nitrogens is 2. The second kappa shape index (κ2) is 7.35. The van der Waals surface area contributed by atoms with Gasteiger partial charge in [0, 0.05) is 18.8 Å². The molecule has 5 heteroatoms. The Morgan fingerprint density at radius 2 is 1.81 bits per heavy atom. The van der Waals surface area contributed by atoms with Gasteiger partial charge < -0.3 is 10.2 Å². The van der Waals surface area contributed by atoms with Crippen LogP contribution in [0.4, 0.5) is 11.5 Å². The van der Waals surface area contributed by atoms with Crippen molar-refractivity contribution in [3.63, 3.8) is 0 Å². The van der Waals surface area contributed by atoms with E-state index in [-0.39, 0.29) is 11.8 Å². The zero-order valence-electron chi connectivity index (χ0n) is 15.8. The van der Waals surface area contributed by atoms with Gasteiger partial charge in [-0.25, -0.2) is 4.98 Å². The van der Waals surface area contributed by atoms with Crippen molar-refractivity contribution in [1.82, 2.24) is 9.97 Å². The molecular formula is C22H24N4O. The van der Waals surface area contributed by atoms with Crippen molar-refractivity contribution < 1.29 is 4.79 Å². The fraction of sp³-hybridized carbons (Fsp3) is 0.318. The van der Waals surface area contributed by atoms with Crippen molar-refractivity contribution in [1.29, 1.82) is 0 Å². The SMILES string of the molecule is Cc1cccc(C)c1NC(=O)[C@@H]1CCCN(c2cnc3ccccc3n2)C1. The maximum Gasteiger partial charge on any atom is 0.229 e. The third-order valence-electron chi connectivity index (χ3n) is 5.28. The number of nitrogens with one attached hydrogen (secondary N) is 1. The number of piperidine rings is 1. The topological polar surface area (TPSA) is 58.1 Å². The van der Waals surface area contributed by atoms with E-state index >= 15 is 0 Å².